The van der Waals surface area contributed by atoms with Crippen LogP contribution in [-0.4, -0.2) is 38.2 Å². The molecule has 8 nitrogen and oxygen atoms in total. The number of fused-ring (bicyclic) bond motifs is 2. The lowest BCUT2D eigenvalue weighted by Gasteiger charge is -2.22. The van der Waals surface area contributed by atoms with E-state index in [1.54, 1.807) is 6.07 Å². The van der Waals surface area contributed by atoms with Gasteiger partial charge in [-0.15, -0.1) is 5.10 Å². The van der Waals surface area contributed by atoms with E-state index < -0.39 is 5.91 Å². The average Bonchev–Trinajstić information content (AvgIpc) is 3.48. The van der Waals surface area contributed by atoms with Crippen LogP contribution in [0.25, 0.3) is 22.4 Å². The third-order valence-corrected chi connectivity index (χ3v) is 7.08. The monoisotopic (exact) mass is 479 g/mol. The SMILES string of the molecule is Cc1cc2c(C(N)=O)cccc2n1-c1nc(NCc2ccccc2)c2ccc(C3CCNCC3)n2n1. The molecule has 0 unspecified atom stereocenters. The Morgan fingerprint density at radius 3 is 2.64 bits per heavy atom. The van der Waals surface area contributed by atoms with Gasteiger partial charge in [0, 0.05) is 34.8 Å². The van der Waals surface area contributed by atoms with Gasteiger partial charge in [-0.2, -0.15) is 4.98 Å². The number of hydrogen-bond donors (Lipinski definition) is 3. The molecule has 1 amide bonds. The Bertz CT molecular complexity index is 1560. The number of anilines is 1. The minimum atomic E-state index is -0.446. The van der Waals surface area contributed by atoms with Gasteiger partial charge in [0.1, 0.15) is 5.52 Å². The molecular weight excluding hydrogens is 450 g/mol. The van der Waals surface area contributed by atoms with E-state index in [0.29, 0.717) is 24.0 Å². The van der Waals surface area contributed by atoms with Crippen molar-refractivity contribution in [1.29, 1.82) is 0 Å². The minimum Gasteiger partial charge on any atom is -0.366 e. The van der Waals surface area contributed by atoms with Crippen LogP contribution in [0.3, 0.4) is 0 Å². The summed E-state index contributed by atoms with van der Waals surface area (Å²) in [5.41, 5.74) is 11.3. The predicted molar refractivity (Wildman–Crippen MR) is 142 cm³/mol. The summed E-state index contributed by atoms with van der Waals surface area (Å²) in [6.45, 7) is 4.66. The van der Waals surface area contributed by atoms with Gasteiger partial charge in [0.05, 0.1) is 5.52 Å². The number of carbonyl (C=O) groups is 1. The zero-order chi connectivity index (χ0) is 24.6. The third-order valence-electron chi connectivity index (χ3n) is 7.08. The Hall–Kier alpha value is -4.17. The number of aromatic nitrogens is 4. The van der Waals surface area contributed by atoms with Crippen molar-refractivity contribution >= 4 is 28.1 Å². The molecule has 0 aliphatic carbocycles. The molecule has 1 saturated heterocycles. The van der Waals surface area contributed by atoms with Crippen molar-refractivity contribution in [3.63, 3.8) is 0 Å². The van der Waals surface area contributed by atoms with Crippen LogP contribution in [0.2, 0.25) is 0 Å². The van der Waals surface area contributed by atoms with Crippen LogP contribution in [0, 0.1) is 6.92 Å². The van der Waals surface area contributed by atoms with Gasteiger partial charge in [0.25, 0.3) is 5.95 Å². The molecule has 4 heterocycles. The van der Waals surface area contributed by atoms with E-state index in [4.69, 9.17) is 15.8 Å². The molecule has 0 bridgehead atoms. The molecule has 6 rings (SSSR count). The summed E-state index contributed by atoms with van der Waals surface area (Å²) in [4.78, 5) is 17.1. The highest BCUT2D eigenvalue weighted by Gasteiger charge is 2.22. The van der Waals surface area contributed by atoms with Crippen molar-refractivity contribution in [1.82, 2.24) is 24.5 Å². The summed E-state index contributed by atoms with van der Waals surface area (Å²) >= 11 is 0. The quantitative estimate of drug-likeness (QED) is 0.339. The Labute approximate surface area is 209 Å². The van der Waals surface area contributed by atoms with Crippen molar-refractivity contribution in [2.24, 2.45) is 5.73 Å². The number of piperidine rings is 1. The van der Waals surface area contributed by atoms with Gasteiger partial charge in [0.15, 0.2) is 5.82 Å². The van der Waals surface area contributed by atoms with Crippen LogP contribution in [0.15, 0.2) is 66.7 Å². The van der Waals surface area contributed by atoms with E-state index >= 15 is 0 Å². The third kappa shape index (κ3) is 3.89. The topological polar surface area (TPSA) is 102 Å². The maximum absolute atomic E-state index is 12.1. The van der Waals surface area contributed by atoms with Crippen LogP contribution < -0.4 is 16.4 Å². The number of amides is 1. The maximum Gasteiger partial charge on any atom is 0.254 e. The first-order valence-electron chi connectivity index (χ1n) is 12.4. The van der Waals surface area contributed by atoms with Gasteiger partial charge in [-0.1, -0.05) is 36.4 Å². The molecule has 0 atom stereocenters. The maximum atomic E-state index is 12.1. The Morgan fingerprint density at radius 1 is 1.06 bits per heavy atom. The molecule has 1 aliphatic rings. The zero-order valence-corrected chi connectivity index (χ0v) is 20.2. The number of aryl methyl sites for hydroxylation is 1. The molecule has 3 aromatic heterocycles. The number of primary amides is 1. The highest BCUT2D eigenvalue weighted by atomic mass is 16.1. The summed E-state index contributed by atoms with van der Waals surface area (Å²) in [6.07, 6.45) is 2.15. The average molecular weight is 480 g/mol. The number of nitrogens with zero attached hydrogens (tertiary/aromatic N) is 4. The molecule has 0 spiro atoms. The molecule has 4 N–H and O–H groups in total. The molecule has 1 aliphatic heterocycles. The second-order valence-corrected chi connectivity index (χ2v) is 9.40. The molecule has 1 fully saturated rings. The number of hydrogen-bond acceptors (Lipinski definition) is 5. The van der Waals surface area contributed by atoms with E-state index in [2.05, 4.69) is 39.4 Å². The smallest absolute Gasteiger partial charge is 0.254 e. The summed E-state index contributed by atoms with van der Waals surface area (Å²) < 4.78 is 4.05. The molecule has 182 valence electrons. The zero-order valence-electron chi connectivity index (χ0n) is 20.2. The first kappa shape index (κ1) is 22.3. The van der Waals surface area contributed by atoms with Crippen LogP contribution >= 0.6 is 0 Å². The first-order valence-corrected chi connectivity index (χ1v) is 12.4. The number of nitrogens with one attached hydrogen (secondary N) is 2. The van der Waals surface area contributed by atoms with Crippen LogP contribution in [-0.2, 0) is 6.54 Å². The fourth-order valence-corrected chi connectivity index (χ4v) is 5.28. The van der Waals surface area contributed by atoms with Crippen molar-refractivity contribution in [2.45, 2.75) is 32.2 Å². The highest BCUT2D eigenvalue weighted by Crippen LogP contribution is 2.31. The molecule has 2 aromatic carbocycles. The minimum absolute atomic E-state index is 0.433. The van der Waals surface area contributed by atoms with E-state index in [1.165, 1.54) is 11.3 Å². The summed E-state index contributed by atoms with van der Waals surface area (Å²) in [5.74, 6) is 1.32. The molecule has 36 heavy (non-hydrogen) atoms. The largest absolute Gasteiger partial charge is 0.366 e. The van der Waals surface area contributed by atoms with Gasteiger partial charge in [-0.05, 0) is 68.8 Å². The lowest BCUT2D eigenvalue weighted by atomic mass is 9.95. The molecule has 5 aromatic rings. The normalized spacial score (nSPS) is 14.5. The van der Waals surface area contributed by atoms with Gasteiger partial charge in [-0.25, -0.2) is 4.52 Å². The second kappa shape index (κ2) is 9.13. The van der Waals surface area contributed by atoms with Crippen LogP contribution in [0.1, 0.15) is 46.1 Å². The van der Waals surface area contributed by atoms with Crippen LogP contribution in [0.5, 0.6) is 0 Å². The number of benzene rings is 2. The second-order valence-electron chi connectivity index (χ2n) is 9.40. The van der Waals surface area contributed by atoms with E-state index in [0.717, 1.165) is 53.9 Å². The van der Waals surface area contributed by atoms with E-state index in [-0.39, 0.29) is 0 Å². The van der Waals surface area contributed by atoms with Gasteiger partial charge >= 0.3 is 0 Å². The van der Waals surface area contributed by atoms with Crippen LogP contribution in [0.4, 0.5) is 5.82 Å². The van der Waals surface area contributed by atoms with Crippen molar-refractivity contribution in [3.05, 3.63) is 89.2 Å². The van der Waals surface area contributed by atoms with Gasteiger partial charge in [-0.3, -0.25) is 9.36 Å². The highest BCUT2D eigenvalue weighted by molar-refractivity contribution is 6.06. The first-order chi connectivity index (χ1) is 17.6. The predicted octanol–water partition coefficient (Wildman–Crippen LogP) is 4.16. The fraction of sp³-hybridized carbons (Fsp3) is 0.250. The van der Waals surface area contributed by atoms with Crippen molar-refractivity contribution < 1.29 is 4.79 Å². The van der Waals surface area contributed by atoms with Gasteiger partial charge in [0.2, 0.25) is 5.91 Å². The standard InChI is InChI=1S/C28H29N7O/c1-18-16-22-21(26(29)36)8-5-9-24(22)34(18)28-32-27(31-17-19-6-3-2-4-7-19)25-11-10-23(35(25)33-28)20-12-14-30-15-13-20/h2-11,16,20,30H,12-15,17H2,1H3,(H2,29,36)(H,31,32,33). The van der Waals surface area contributed by atoms with Crippen molar-refractivity contribution in [3.8, 4) is 5.95 Å². The molecule has 8 heteroatoms. The Balaban J connectivity index is 1.52. The number of rotatable bonds is 6. The molecular formula is C28H29N7O. The van der Waals surface area contributed by atoms with Crippen molar-refractivity contribution in [2.75, 3.05) is 18.4 Å². The summed E-state index contributed by atoms with van der Waals surface area (Å²) in [6, 6.07) is 22.1. The number of nitrogens with two attached hydrogens (primary N) is 1. The lowest BCUT2D eigenvalue weighted by molar-refractivity contribution is 0.100. The van der Waals surface area contributed by atoms with E-state index in [1.807, 2.05) is 47.9 Å². The fourth-order valence-electron chi connectivity index (χ4n) is 5.28. The molecule has 0 saturated carbocycles. The lowest BCUT2D eigenvalue weighted by Crippen LogP contribution is -2.27. The van der Waals surface area contributed by atoms with E-state index in [9.17, 15) is 4.79 Å². The van der Waals surface area contributed by atoms with Gasteiger partial charge < -0.3 is 16.4 Å². The Morgan fingerprint density at radius 2 is 1.86 bits per heavy atom. The molecule has 0 radical (unpaired) electrons. The summed E-state index contributed by atoms with van der Waals surface area (Å²) in [5, 5.41) is 12.8. The Kier molecular flexibility index (Phi) is 5.65. The summed E-state index contributed by atoms with van der Waals surface area (Å²) in [7, 11) is 0. The number of carbonyl (C=O) groups excluding carboxylic acids is 1.